The van der Waals surface area contributed by atoms with Crippen LogP contribution in [0.3, 0.4) is 0 Å². The molecular weight excluding hydrogens is 206 g/mol. The number of rotatable bonds is 0. The highest BCUT2D eigenvalue weighted by Gasteiger charge is 2.21. The third-order valence-corrected chi connectivity index (χ3v) is 3.29. The van der Waals surface area contributed by atoms with Crippen LogP contribution in [0.1, 0.15) is 16.7 Å². The maximum atomic E-state index is 8.85. The summed E-state index contributed by atoms with van der Waals surface area (Å²) in [6.45, 7) is 0. The van der Waals surface area contributed by atoms with Crippen LogP contribution in [0.25, 0.3) is 0 Å². The lowest BCUT2D eigenvalue weighted by Crippen LogP contribution is -2.01. The fourth-order valence-corrected chi connectivity index (χ4v) is 2.84. The van der Waals surface area contributed by atoms with E-state index in [1.807, 2.05) is 0 Å². The first kappa shape index (κ1) is 8.67. The predicted octanol–water partition coefficient (Wildman–Crippen LogP) is 1.94. The number of aromatic nitrogens is 1. The molecule has 1 aromatic heterocycles. The average Bonchev–Trinajstić information content (AvgIpc) is 2.53. The Balaban J connectivity index is 2.74. The van der Waals surface area contributed by atoms with E-state index >= 15 is 0 Å². The Hall–Kier alpha value is -0.920. The Morgan fingerprint density at radius 2 is 2.15 bits per heavy atom. The van der Waals surface area contributed by atoms with Crippen molar-refractivity contribution in [2.75, 3.05) is 5.73 Å². The summed E-state index contributed by atoms with van der Waals surface area (Å²) in [4.78, 5) is 3.92. The van der Waals surface area contributed by atoms with Gasteiger partial charge in [-0.25, -0.2) is 4.98 Å². The van der Waals surface area contributed by atoms with E-state index in [0.29, 0.717) is 10.7 Å². The molecule has 0 radical (unpaired) electrons. The summed E-state index contributed by atoms with van der Waals surface area (Å²) in [5.74, 6) is 1.88. The van der Waals surface area contributed by atoms with Crippen LogP contribution in [0.15, 0.2) is 0 Å². The molecule has 0 saturated carbocycles. The monoisotopic (exact) mass is 211 g/mol. The summed E-state index contributed by atoms with van der Waals surface area (Å²) in [6, 6.07) is 2.06. The van der Waals surface area contributed by atoms with Gasteiger partial charge in [-0.2, -0.15) is 17.0 Å². The quantitative estimate of drug-likeness (QED) is 0.667. The Morgan fingerprint density at radius 3 is 2.85 bits per heavy atom. The Bertz CT molecular complexity index is 411. The van der Waals surface area contributed by atoms with E-state index in [-0.39, 0.29) is 5.82 Å². The number of fused-ring (bicyclic) bond motifs is 1. The number of hydrogen-bond donors (Lipinski definition) is 1. The molecule has 0 spiro atoms. The Kier molecular flexibility index (Phi) is 2.06. The molecule has 2 N–H and O–H groups in total. The van der Waals surface area contributed by atoms with Crippen LogP contribution in [0, 0.1) is 11.3 Å². The lowest BCUT2D eigenvalue weighted by atomic mass is 10.1. The first-order chi connectivity index (χ1) is 6.24. The zero-order chi connectivity index (χ0) is 9.42. The van der Waals surface area contributed by atoms with Crippen molar-refractivity contribution in [3.8, 4) is 6.07 Å². The van der Waals surface area contributed by atoms with E-state index in [0.717, 1.165) is 22.6 Å². The lowest BCUT2D eigenvalue weighted by Gasteiger charge is -2.04. The van der Waals surface area contributed by atoms with Crippen molar-refractivity contribution in [3.63, 3.8) is 0 Å². The molecule has 0 saturated heterocycles. The van der Waals surface area contributed by atoms with Crippen LogP contribution < -0.4 is 5.73 Å². The van der Waals surface area contributed by atoms with Gasteiger partial charge >= 0.3 is 0 Å². The molecule has 0 unspecified atom stereocenters. The molecule has 0 atom stereocenters. The molecule has 3 nitrogen and oxygen atoms in total. The van der Waals surface area contributed by atoms with Crippen molar-refractivity contribution in [1.29, 1.82) is 5.26 Å². The minimum Gasteiger partial charge on any atom is -0.383 e. The average molecular weight is 212 g/mol. The van der Waals surface area contributed by atoms with E-state index < -0.39 is 0 Å². The van der Waals surface area contributed by atoms with Crippen molar-refractivity contribution in [2.24, 2.45) is 0 Å². The van der Waals surface area contributed by atoms with Gasteiger partial charge in [0.15, 0.2) is 0 Å². The Morgan fingerprint density at radius 1 is 1.46 bits per heavy atom. The van der Waals surface area contributed by atoms with Crippen LogP contribution in [0.5, 0.6) is 0 Å². The van der Waals surface area contributed by atoms with E-state index in [9.17, 15) is 0 Å². The number of hydrogen-bond acceptors (Lipinski definition) is 4. The minimum absolute atomic E-state index is 0.244. The summed E-state index contributed by atoms with van der Waals surface area (Å²) in [6.07, 6.45) is 0. The van der Waals surface area contributed by atoms with Gasteiger partial charge in [0, 0.05) is 17.1 Å². The van der Waals surface area contributed by atoms with E-state index in [4.69, 9.17) is 22.6 Å². The summed E-state index contributed by atoms with van der Waals surface area (Å²) in [5, 5.41) is 9.29. The first-order valence-corrected chi connectivity index (χ1v) is 5.22. The highest BCUT2D eigenvalue weighted by molar-refractivity contribution is 7.98. The molecule has 13 heavy (non-hydrogen) atoms. The van der Waals surface area contributed by atoms with Crippen LogP contribution in [-0.4, -0.2) is 4.98 Å². The van der Waals surface area contributed by atoms with E-state index in [2.05, 4.69) is 11.1 Å². The molecule has 1 aromatic rings. The van der Waals surface area contributed by atoms with Crippen LogP contribution >= 0.6 is 23.4 Å². The number of nitrogens with zero attached hydrogens (tertiary/aromatic N) is 2. The number of halogens is 1. The Labute approximate surface area is 84.9 Å². The normalized spacial score (nSPS) is 13.8. The van der Waals surface area contributed by atoms with Gasteiger partial charge in [0.1, 0.15) is 17.0 Å². The van der Waals surface area contributed by atoms with Gasteiger partial charge in [0.25, 0.3) is 0 Å². The predicted molar refractivity (Wildman–Crippen MR) is 53.4 cm³/mol. The maximum Gasteiger partial charge on any atom is 0.143 e. The van der Waals surface area contributed by atoms with Gasteiger partial charge < -0.3 is 5.73 Å². The number of nitriles is 1. The first-order valence-electron chi connectivity index (χ1n) is 3.68. The molecule has 1 aliphatic rings. The van der Waals surface area contributed by atoms with Gasteiger partial charge in [-0.1, -0.05) is 11.6 Å². The van der Waals surface area contributed by atoms with Gasteiger partial charge in [0.2, 0.25) is 0 Å². The number of anilines is 1. The molecule has 0 aliphatic carbocycles. The number of nitrogens with two attached hydrogens (primary N) is 1. The summed E-state index contributed by atoms with van der Waals surface area (Å²) in [7, 11) is 0. The fraction of sp³-hybridized carbons (Fsp3) is 0.250. The number of nitrogen functional groups attached to an aromatic ring is 1. The fourth-order valence-electron chi connectivity index (χ4n) is 1.34. The second-order valence-electron chi connectivity index (χ2n) is 2.72. The summed E-state index contributed by atoms with van der Waals surface area (Å²) >= 11 is 7.61. The van der Waals surface area contributed by atoms with E-state index in [1.165, 1.54) is 0 Å². The highest BCUT2D eigenvalue weighted by atomic mass is 35.5. The second-order valence-corrected chi connectivity index (χ2v) is 4.07. The lowest BCUT2D eigenvalue weighted by molar-refractivity contribution is 1.21. The molecule has 0 bridgehead atoms. The van der Waals surface area contributed by atoms with Crippen molar-refractivity contribution >= 4 is 29.2 Å². The van der Waals surface area contributed by atoms with Crippen molar-refractivity contribution in [1.82, 2.24) is 4.98 Å². The van der Waals surface area contributed by atoms with Crippen LogP contribution in [0.4, 0.5) is 5.82 Å². The molecule has 66 valence electrons. The summed E-state index contributed by atoms with van der Waals surface area (Å²) in [5.41, 5.74) is 8.00. The number of pyridine rings is 1. The van der Waals surface area contributed by atoms with Gasteiger partial charge in [-0.05, 0) is 5.56 Å². The van der Waals surface area contributed by atoms with Crippen molar-refractivity contribution in [2.45, 2.75) is 11.5 Å². The van der Waals surface area contributed by atoms with Gasteiger partial charge in [-0.3, -0.25) is 0 Å². The van der Waals surface area contributed by atoms with Crippen LogP contribution in [-0.2, 0) is 11.5 Å². The maximum absolute atomic E-state index is 8.85. The number of thioether (sulfide) groups is 1. The van der Waals surface area contributed by atoms with Crippen molar-refractivity contribution in [3.05, 3.63) is 21.8 Å². The van der Waals surface area contributed by atoms with Gasteiger partial charge in [0.05, 0.1) is 5.56 Å². The van der Waals surface area contributed by atoms with Crippen LogP contribution in [0.2, 0.25) is 5.15 Å². The molecule has 0 fully saturated rings. The van der Waals surface area contributed by atoms with Crippen molar-refractivity contribution < 1.29 is 0 Å². The zero-order valence-corrected chi connectivity index (χ0v) is 8.24. The minimum atomic E-state index is 0.244. The molecule has 5 heteroatoms. The molecule has 2 rings (SSSR count). The van der Waals surface area contributed by atoms with E-state index in [1.54, 1.807) is 11.8 Å². The molecular formula is C8H6ClN3S. The SMILES string of the molecule is N#Cc1c(N)nc(Cl)c2c1CSC2. The second kappa shape index (κ2) is 3.09. The topological polar surface area (TPSA) is 62.7 Å². The largest absolute Gasteiger partial charge is 0.383 e. The highest BCUT2D eigenvalue weighted by Crippen LogP contribution is 2.37. The molecule has 0 amide bonds. The smallest absolute Gasteiger partial charge is 0.143 e. The van der Waals surface area contributed by atoms with Gasteiger partial charge in [-0.15, -0.1) is 0 Å². The standard InChI is InChI=1S/C8H6ClN3S/c9-7-6-3-13-2-5(6)4(1-10)8(11)12-7/h2-3H2,(H2,11,12). The summed E-state index contributed by atoms with van der Waals surface area (Å²) < 4.78 is 0. The third-order valence-electron chi connectivity index (χ3n) is 1.99. The molecule has 2 heterocycles. The molecule has 0 aromatic carbocycles. The zero-order valence-electron chi connectivity index (χ0n) is 6.67. The third kappa shape index (κ3) is 1.25. The molecule has 1 aliphatic heterocycles.